The molecule has 0 aliphatic heterocycles. The van der Waals surface area contributed by atoms with Gasteiger partial charge in [-0.05, 0) is 25.8 Å². The lowest BCUT2D eigenvalue weighted by molar-refractivity contribution is 0.0570. The molecule has 4 heteroatoms. The highest BCUT2D eigenvalue weighted by Crippen LogP contribution is 2.28. The van der Waals surface area contributed by atoms with Crippen LogP contribution in [0.3, 0.4) is 0 Å². The van der Waals surface area contributed by atoms with Gasteiger partial charge in [0.1, 0.15) is 0 Å². The zero-order valence-electron chi connectivity index (χ0n) is 12.4. The number of aliphatic hydroxyl groups is 1. The summed E-state index contributed by atoms with van der Waals surface area (Å²) in [6, 6.07) is 3.01. The number of hydrogen-bond donors (Lipinski definition) is 2. The molecule has 2 N–H and O–H groups in total. The van der Waals surface area contributed by atoms with Crippen molar-refractivity contribution >= 4 is 0 Å². The van der Waals surface area contributed by atoms with Crippen molar-refractivity contribution in [3.05, 3.63) is 18.0 Å². The molecule has 0 bridgehead atoms. The molecule has 1 saturated carbocycles. The van der Waals surface area contributed by atoms with Crippen LogP contribution in [-0.4, -0.2) is 33.1 Å². The minimum absolute atomic E-state index is 0.391. The van der Waals surface area contributed by atoms with Crippen LogP contribution in [0, 0.1) is 0 Å². The van der Waals surface area contributed by atoms with E-state index in [0.717, 1.165) is 5.69 Å². The standard InChI is InChI=1S/C15H27N3O/c1-12(2)16-11-15(3,19)10-13-8-9-18(17-13)14-6-4-5-7-14/h8-9,12,14,16,19H,4-7,10-11H2,1-3H3. The van der Waals surface area contributed by atoms with Gasteiger partial charge in [0, 0.05) is 25.2 Å². The molecule has 1 fully saturated rings. The maximum atomic E-state index is 10.4. The molecule has 0 aromatic carbocycles. The molecular formula is C15H27N3O. The number of aromatic nitrogens is 2. The van der Waals surface area contributed by atoms with Crippen LogP contribution >= 0.6 is 0 Å². The fourth-order valence-electron chi connectivity index (χ4n) is 2.72. The zero-order valence-corrected chi connectivity index (χ0v) is 12.4. The van der Waals surface area contributed by atoms with Crippen LogP contribution in [0.15, 0.2) is 12.3 Å². The van der Waals surface area contributed by atoms with Crippen molar-refractivity contribution in [2.45, 2.75) is 70.6 Å². The lowest BCUT2D eigenvalue weighted by atomic mass is 10.00. The highest BCUT2D eigenvalue weighted by Gasteiger charge is 2.23. The maximum absolute atomic E-state index is 10.4. The van der Waals surface area contributed by atoms with E-state index in [2.05, 4.69) is 35.1 Å². The van der Waals surface area contributed by atoms with E-state index in [-0.39, 0.29) is 0 Å². The monoisotopic (exact) mass is 265 g/mol. The first-order chi connectivity index (χ1) is 8.96. The molecule has 1 atom stereocenters. The van der Waals surface area contributed by atoms with Crippen LogP contribution in [0.25, 0.3) is 0 Å². The molecule has 1 heterocycles. The number of rotatable bonds is 6. The summed E-state index contributed by atoms with van der Waals surface area (Å²) in [6.07, 6.45) is 7.79. The summed E-state index contributed by atoms with van der Waals surface area (Å²) >= 11 is 0. The molecule has 1 aromatic heterocycles. The topological polar surface area (TPSA) is 50.1 Å². The first-order valence-electron chi connectivity index (χ1n) is 7.46. The van der Waals surface area contributed by atoms with Crippen LogP contribution in [0.1, 0.15) is 58.2 Å². The molecule has 0 amide bonds. The lowest BCUT2D eigenvalue weighted by Crippen LogP contribution is -2.42. The second-order valence-corrected chi connectivity index (χ2v) is 6.43. The molecular weight excluding hydrogens is 238 g/mol. The Morgan fingerprint density at radius 2 is 2.16 bits per heavy atom. The fraction of sp³-hybridized carbons (Fsp3) is 0.800. The second-order valence-electron chi connectivity index (χ2n) is 6.43. The van der Waals surface area contributed by atoms with Gasteiger partial charge in [-0.25, -0.2) is 0 Å². The molecule has 0 spiro atoms. The molecule has 1 aliphatic rings. The quantitative estimate of drug-likeness (QED) is 0.829. The van der Waals surface area contributed by atoms with Gasteiger partial charge in [-0.15, -0.1) is 0 Å². The minimum atomic E-state index is -0.737. The van der Waals surface area contributed by atoms with Gasteiger partial charge in [0.25, 0.3) is 0 Å². The first kappa shape index (κ1) is 14.5. The molecule has 19 heavy (non-hydrogen) atoms. The molecule has 0 saturated heterocycles. The summed E-state index contributed by atoms with van der Waals surface area (Å²) in [6.45, 7) is 6.65. The molecule has 4 nitrogen and oxygen atoms in total. The van der Waals surface area contributed by atoms with Gasteiger partial charge in [0.05, 0.1) is 17.3 Å². The number of nitrogens with zero attached hydrogens (tertiary/aromatic N) is 2. The van der Waals surface area contributed by atoms with E-state index in [1.807, 2.05) is 13.0 Å². The van der Waals surface area contributed by atoms with Crippen LogP contribution in [-0.2, 0) is 6.42 Å². The normalized spacial score (nSPS) is 20.1. The van der Waals surface area contributed by atoms with Crippen LogP contribution < -0.4 is 5.32 Å². The molecule has 108 valence electrons. The van der Waals surface area contributed by atoms with E-state index in [0.29, 0.717) is 25.0 Å². The van der Waals surface area contributed by atoms with Gasteiger partial charge in [-0.1, -0.05) is 26.7 Å². The Morgan fingerprint density at radius 1 is 1.47 bits per heavy atom. The van der Waals surface area contributed by atoms with Gasteiger partial charge in [-0.2, -0.15) is 5.10 Å². The predicted molar refractivity (Wildman–Crippen MR) is 77.2 cm³/mol. The molecule has 1 aliphatic carbocycles. The first-order valence-corrected chi connectivity index (χ1v) is 7.46. The second kappa shape index (κ2) is 6.06. The van der Waals surface area contributed by atoms with Gasteiger partial charge in [-0.3, -0.25) is 4.68 Å². The third-order valence-electron chi connectivity index (χ3n) is 3.82. The summed E-state index contributed by atoms with van der Waals surface area (Å²) in [5.74, 6) is 0. The van der Waals surface area contributed by atoms with E-state index >= 15 is 0 Å². The van der Waals surface area contributed by atoms with Crippen molar-refractivity contribution in [2.75, 3.05) is 6.54 Å². The van der Waals surface area contributed by atoms with Crippen molar-refractivity contribution in [2.24, 2.45) is 0 Å². The average Bonchev–Trinajstić information content (AvgIpc) is 2.95. The third-order valence-corrected chi connectivity index (χ3v) is 3.82. The maximum Gasteiger partial charge on any atom is 0.0799 e. The summed E-state index contributed by atoms with van der Waals surface area (Å²) in [4.78, 5) is 0. The molecule has 2 rings (SSSR count). The smallest absolute Gasteiger partial charge is 0.0799 e. The van der Waals surface area contributed by atoms with Gasteiger partial charge < -0.3 is 10.4 Å². The Hall–Kier alpha value is -0.870. The SMILES string of the molecule is CC(C)NCC(C)(O)Cc1ccn(C2CCCC2)n1. The highest BCUT2D eigenvalue weighted by atomic mass is 16.3. The van der Waals surface area contributed by atoms with Crippen molar-refractivity contribution in [3.8, 4) is 0 Å². The lowest BCUT2D eigenvalue weighted by Gasteiger charge is -2.24. The predicted octanol–water partition coefficient (Wildman–Crippen LogP) is 2.29. The molecule has 0 radical (unpaired) electrons. The van der Waals surface area contributed by atoms with E-state index in [1.165, 1.54) is 25.7 Å². The van der Waals surface area contributed by atoms with Crippen LogP contribution in [0.5, 0.6) is 0 Å². The van der Waals surface area contributed by atoms with Gasteiger partial charge >= 0.3 is 0 Å². The van der Waals surface area contributed by atoms with E-state index in [1.54, 1.807) is 0 Å². The van der Waals surface area contributed by atoms with E-state index in [9.17, 15) is 5.11 Å². The summed E-state index contributed by atoms with van der Waals surface area (Å²) in [5.41, 5.74) is 0.251. The van der Waals surface area contributed by atoms with Gasteiger partial charge in [0.15, 0.2) is 0 Å². The summed E-state index contributed by atoms with van der Waals surface area (Å²) in [7, 11) is 0. The van der Waals surface area contributed by atoms with Crippen molar-refractivity contribution in [1.29, 1.82) is 0 Å². The minimum Gasteiger partial charge on any atom is -0.388 e. The van der Waals surface area contributed by atoms with E-state index in [4.69, 9.17) is 0 Å². The Bertz CT molecular complexity index is 392. The Labute approximate surface area is 116 Å². The van der Waals surface area contributed by atoms with Crippen LogP contribution in [0.2, 0.25) is 0 Å². The van der Waals surface area contributed by atoms with Crippen molar-refractivity contribution in [3.63, 3.8) is 0 Å². The van der Waals surface area contributed by atoms with Gasteiger partial charge in [0.2, 0.25) is 0 Å². The third kappa shape index (κ3) is 4.32. The summed E-state index contributed by atoms with van der Waals surface area (Å²) < 4.78 is 2.09. The van der Waals surface area contributed by atoms with Crippen LogP contribution in [0.4, 0.5) is 0 Å². The largest absolute Gasteiger partial charge is 0.388 e. The zero-order chi connectivity index (χ0) is 13.9. The molecule has 1 aromatic rings. The Morgan fingerprint density at radius 3 is 2.79 bits per heavy atom. The Balaban J connectivity index is 1.91. The average molecular weight is 265 g/mol. The van der Waals surface area contributed by atoms with E-state index < -0.39 is 5.60 Å². The fourth-order valence-corrected chi connectivity index (χ4v) is 2.72. The van der Waals surface area contributed by atoms with Crippen molar-refractivity contribution in [1.82, 2.24) is 15.1 Å². The Kier molecular flexibility index (Phi) is 4.63. The van der Waals surface area contributed by atoms with Crippen molar-refractivity contribution < 1.29 is 5.11 Å². The molecule has 1 unspecified atom stereocenters. The summed E-state index contributed by atoms with van der Waals surface area (Å²) in [5, 5.41) is 18.3. The number of hydrogen-bond acceptors (Lipinski definition) is 3. The number of nitrogens with one attached hydrogen (secondary N) is 1. The highest BCUT2D eigenvalue weighted by molar-refractivity contribution is 5.04.